The number of hydrogen-bond donors (Lipinski definition) is 1. The zero-order chi connectivity index (χ0) is 19.1. The van der Waals surface area contributed by atoms with Gasteiger partial charge in [-0.1, -0.05) is 18.2 Å². The van der Waals surface area contributed by atoms with Gasteiger partial charge >= 0.3 is 0 Å². The smallest absolute Gasteiger partial charge is 0.274 e. The van der Waals surface area contributed by atoms with Gasteiger partial charge in [-0.2, -0.15) is 5.10 Å². The Balaban J connectivity index is 1.30. The molecule has 1 aliphatic heterocycles. The number of rotatable bonds is 4. The minimum Gasteiger partial charge on any atom is -0.337 e. The summed E-state index contributed by atoms with van der Waals surface area (Å²) in [6.45, 7) is 2.63. The third-order valence-electron chi connectivity index (χ3n) is 6.09. The Kier molecular flexibility index (Phi) is 4.69. The number of nitrogens with one attached hydrogen (secondary N) is 1. The van der Waals surface area contributed by atoms with E-state index < -0.39 is 0 Å². The molecule has 1 amide bonds. The summed E-state index contributed by atoms with van der Waals surface area (Å²) in [6, 6.07) is 11.2. The van der Waals surface area contributed by atoms with Gasteiger partial charge in [0.25, 0.3) is 5.91 Å². The van der Waals surface area contributed by atoms with Crippen LogP contribution in [0.4, 0.5) is 0 Å². The van der Waals surface area contributed by atoms with Crippen LogP contribution in [-0.4, -0.2) is 39.7 Å². The van der Waals surface area contributed by atoms with E-state index in [4.69, 9.17) is 0 Å². The second-order valence-corrected chi connectivity index (χ2v) is 9.14. The highest BCUT2D eigenvalue weighted by molar-refractivity contribution is 7.19. The molecule has 1 aromatic carbocycles. The van der Waals surface area contributed by atoms with Crippen LogP contribution in [0.1, 0.15) is 45.9 Å². The molecule has 3 heterocycles. The number of fused-ring (bicyclic) bond motifs is 2. The maximum absolute atomic E-state index is 12.9. The summed E-state index contributed by atoms with van der Waals surface area (Å²) in [5, 5.41) is 9.67. The largest absolute Gasteiger partial charge is 0.337 e. The summed E-state index contributed by atoms with van der Waals surface area (Å²) in [5.74, 6) is 0.125. The summed E-state index contributed by atoms with van der Waals surface area (Å²) >= 11 is 1.86. The summed E-state index contributed by atoms with van der Waals surface area (Å²) in [5.41, 5.74) is 3.09. The summed E-state index contributed by atoms with van der Waals surface area (Å²) in [7, 11) is 1.98. The van der Waals surface area contributed by atoms with E-state index in [9.17, 15) is 4.79 Å². The number of aromatic nitrogens is 2. The van der Waals surface area contributed by atoms with Crippen molar-refractivity contribution in [1.82, 2.24) is 20.0 Å². The van der Waals surface area contributed by atoms with Crippen molar-refractivity contribution in [2.45, 2.75) is 44.7 Å². The van der Waals surface area contributed by atoms with Gasteiger partial charge in [-0.05, 0) is 49.6 Å². The average molecular weight is 395 g/mol. The highest BCUT2D eigenvalue weighted by atomic mass is 32.1. The molecule has 1 N–H and O–H groups in total. The maximum atomic E-state index is 12.9. The van der Waals surface area contributed by atoms with E-state index in [1.807, 2.05) is 28.0 Å². The van der Waals surface area contributed by atoms with Crippen molar-refractivity contribution in [1.29, 1.82) is 0 Å². The molecule has 146 valence electrons. The van der Waals surface area contributed by atoms with Crippen molar-refractivity contribution >= 4 is 27.3 Å². The number of hydrogen-bond acceptors (Lipinski definition) is 4. The monoisotopic (exact) mass is 394 g/mol. The lowest BCUT2D eigenvalue weighted by Crippen LogP contribution is -2.35. The molecule has 6 heteroatoms. The van der Waals surface area contributed by atoms with Gasteiger partial charge in [0.05, 0.1) is 0 Å². The van der Waals surface area contributed by atoms with Crippen LogP contribution in [0, 0.1) is 0 Å². The number of likely N-dealkylation sites (tertiary alicyclic amines) is 1. The summed E-state index contributed by atoms with van der Waals surface area (Å²) < 4.78 is 3.27. The van der Waals surface area contributed by atoms with Crippen molar-refractivity contribution in [3.8, 4) is 0 Å². The van der Waals surface area contributed by atoms with Crippen LogP contribution in [0.3, 0.4) is 0 Å². The number of amides is 1. The minimum absolute atomic E-state index is 0.125. The van der Waals surface area contributed by atoms with E-state index in [0.717, 1.165) is 51.7 Å². The van der Waals surface area contributed by atoms with Gasteiger partial charge in [-0.15, -0.1) is 11.3 Å². The van der Waals surface area contributed by atoms with Crippen LogP contribution < -0.4 is 5.32 Å². The molecule has 3 aromatic rings. The van der Waals surface area contributed by atoms with E-state index in [1.165, 1.54) is 26.2 Å². The Morgan fingerprint density at radius 2 is 2.11 bits per heavy atom. The lowest BCUT2D eigenvalue weighted by Gasteiger charge is -2.24. The highest BCUT2D eigenvalue weighted by Gasteiger charge is 2.31. The fourth-order valence-electron chi connectivity index (χ4n) is 4.57. The number of thiophene rings is 1. The predicted octanol–water partition coefficient (Wildman–Crippen LogP) is 3.52. The predicted molar refractivity (Wildman–Crippen MR) is 113 cm³/mol. The number of aryl methyl sites for hydroxylation is 1. The van der Waals surface area contributed by atoms with Crippen LogP contribution in [-0.2, 0) is 26.4 Å². The Hall–Kier alpha value is -2.18. The highest BCUT2D eigenvalue weighted by Crippen LogP contribution is 2.28. The first-order valence-electron chi connectivity index (χ1n) is 10.2. The molecular formula is C22H26N4OS. The molecule has 5 rings (SSSR count). The van der Waals surface area contributed by atoms with Gasteiger partial charge in [0.15, 0.2) is 5.69 Å². The Morgan fingerprint density at radius 1 is 1.29 bits per heavy atom. The number of carbonyl (C=O) groups excluding carboxylic acids is 1. The fraction of sp³-hybridized carbons (Fsp3) is 0.455. The SMILES string of the molecule is Cn1nc(C(=O)N2CCCC2)c2c1CCC(NCc1cc3ccccc3s1)C2. The van der Waals surface area contributed by atoms with Gasteiger partial charge in [0.1, 0.15) is 0 Å². The van der Waals surface area contributed by atoms with Gasteiger partial charge < -0.3 is 10.2 Å². The fourth-order valence-corrected chi connectivity index (χ4v) is 5.59. The topological polar surface area (TPSA) is 50.2 Å². The lowest BCUT2D eigenvalue weighted by molar-refractivity contribution is 0.0785. The van der Waals surface area contributed by atoms with Crippen LogP contribution in [0.5, 0.6) is 0 Å². The molecule has 2 aromatic heterocycles. The molecule has 1 saturated heterocycles. The van der Waals surface area contributed by atoms with Crippen molar-refractivity contribution in [3.05, 3.63) is 52.2 Å². The Morgan fingerprint density at radius 3 is 2.93 bits per heavy atom. The molecule has 0 saturated carbocycles. The molecule has 28 heavy (non-hydrogen) atoms. The van der Waals surface area contributed by atoms with Crippen LogP contribution in [0.25, 0.3) is 10.1 Å². The summed E-state index contributed by atoms with van der Waals surface area (Å²) in [4.78, 5) is 16.3. The summed E-state index contributed by atoms with van der Waals surface area (Å²) in [6.07, 6.45) is 5.19. The maximum Gasteiger partial charge on any atom is 0.274 e. The van der Waals surface area contributed by atoms with Crippen LogP contribution >= 0.6 is 11.3 Å². The standard InChI is InChI=1S/C22H26N4OS/c1-25-19-9-8-16(23-14-17-12-15-6-2-3-7-20(15)28-17)13-18(19)21(24-25)22(27)26-10-4-5-11-26/h2-3,6-7,12,16,23H,4-5,8-11,13-14H2,1H3. The average Bonchev–Trinajstić information content (AvgIpc) is 3.44. The molecule has 1 fully saturated rings. The number of benzene rings is 1. The first-order chi connectivity index (χ1) is 13.7. The first kappa shape index (κ1) is 17.9. The second kappa shape index (κ2) is 7.33. The third kappa shape index (κ3) is 3.25. The van der Waals surface area contributed by atoms with Gasteiger partial charge in [0, 0.05) is 53.6 Å². The molecule has 0 bridgehead atoms. The van der Waals surface area contributed by atoms with Gasteiger partial charge in [-0.3, -0.25) is 9.48 Å². The van der Waals surface area contributed by atoms with Crippen LogP contribution in [0.2, 0.25) is 0 Å². The quantitative estimate of drug-likeness (QED) is 0.737. The van der Waals surface area contributed by atoms with Crippen molar-refractivity contribution in [2.24, 2.45) is 7.05 Å². The number of carbonyl (C=O) groups is 1. The Labute approximate surface area is 169 Å². The molecule has 0 radical (unpaired) electrons. The molecule has 2 aliphatic rings. The molecule has 5 nitrogen and oxygen atoms in total. The molecule has 1 aliphatic carbocycles. The molecule has 0 spiro atoms. The number of nitrogens with zero attached hydrogens (tertiary/aromatic N) is 3. The molecule has 1 atom stereocenters. The molecular weight excluding hydrogens is 368 g/mol. The minimum atomic E-state index is 0.125. The zero-order valence-corrected chi connectivity index (χ0v) is 17.1. The van der Waals surface area contributed by atoms with E-state index in [2.05, 4.69) is 40.7 Å². The third-order valence-corrected chi connectivity index (χ3v) is 7.21. The van der Waals surface area contributed by atoms with E-state index in [1.54, 1.807) is 0 Å². The van der Waals surface area contributed by atoms with E-state index >= 15 is 0 Å². The van der Waals surface area contributed by atoms with Crippen LogP contribution in [0.15, 0.2) is 30.3 Å². The normalized spacial score (nSPS) is 19.3. The zero-order valence-electron chi connectivity index (χ0n) is 16.3. The van der Waals surface area contributed by atoms with E-state index in [0.29, 0.717) is 11.7 Å². The van der Waals surface area contributed by atoms with Gasteiger partial charge in [0.2, 0.25) is 0 Å². The Bertz CT molecular complexity index is 982. The first-order valence-corrected chi connectivity index (χ1v) is 11.1. The van der Waals surface area contributed by atoms with Crippen molar-refractivity contribution in [3.63, 3.8) is 0 Å². The lowest BCUT2D eigenvalue weighted by atomic mass is 9.91. The van der Waals surface area contributed by atoms with Crippen molar-refractivity contribution in [2.75, 3.05) is 13.1 Å². The van der Waals surface area contributed by atoms with Crippen molar-refractivity contribution < 1.29 is 4.79 Å². The van der Waals surface area contributed by atoms with E-state index in [-0.39, 0.29) is 5.91 Å². The molecule has 1 unspecified atom stereocenters. The second-order valence-electron chi connectivity index (χ2n) is 7.97. The van der Waals surface area contributed by atoms with Gasteiger partial charge in [-0.25, -0.2) is 0 Å².